The number of carbonyl (C=O) groups excluding carboxylic acids is 3. The highest BCUT2D eigenvalue weighted by Crippen LogP contribution is 2.18. The molecule has 0 saturated heterocycles. The molecule has 1 atom stereocenters. The number of hydrogen-bond acceptors (Lipinski definition) is 6. The summed E-state index contributed by atoms with van der Waals surface area (Å²) in [5.41, 5.74) is 0. The van der Waals surface area contributed by atoms with E-state index in [1.807, 2.05) is 0 Å². The molecule has 0 aliphatic heterocycles. The summed E-state index contributed by atoms with van der Waals surface area (Å²) in [6.45, 7) is 6.65. The lowest BCUT2D eigenvalue weighted by Crippen LogP contribution is -2.30. The van der Waals surface area contributed by atoms with Gasteiger partial charge in [-0.3, -0.25) is 14.4 Å². The van der Waals surface area contributed by atoms with Gasteiger partial charge in [0.05, 0.1) is 0 Å². The van der Waals surface area contributed by atoms with Crippen LogP contribution in [0, 0.1) is 0 Å². The zero-order valence-corrected chi connectivity index (χ0v) is 48.0. The minimum absolute atomic E-state index is 0.0694. The third-order valence-electron chi connectivity index (χ3n) is 14.4. The van der Waals surface area contributed by atoms with Crippen LogP contribution in [0.3, 0.4) is 0 Å². The Labute approximate surface area is 443 Å². The van der Waals surface area contributed by atoms with E-state index < -0.39 is 6.10 Å². The fraction of sp³-hybridized carbons (Fsp3) is 0.892. The number of carbonyl (C=O) groups is 3. The lowest BCUT2D eigenvalue weighted by atomic mass is 10.0. The average Bonchev–Trinajstić information content (AvgIpc) is 3.37. The maximum absolute atomic E-state index is 12.9. The molecule has 418 valence electrons. The Morgan fingerprint density at radius 2 is 0.479 bits per heavy atom. The smallest absolute Gasteiger partial charge is 0.306 e. The molecule has 6 nitrogen and oxygen atoms in total. The minimum atomic E-state index is -0.771. The van der Waals surface area contributed by atoms with Crippen LogP contribution in [0.15, 0.2) is 24.3 Å². The summed E-state index contributed by atoms with van der Waals surface area (Å²) in [4.78, 5) is 38.2. The number of allylic oxidation sites excluding steroid dienone is 4. The van der Waals surface area contributed by atoms with Crippen molar-refractivity contribution in [3.8, 4) is 0 Å². The molecule has 0 aliphatic carbocycles. The van der Waals surface area contributed by atoms with E-state index in [1.54, 1.807) is 0 Å². The van der Waals surface area contributed by atoms with Crippen LogP contribution < -0.4 is 0 Å². The molecule has 0 aromatic rings. The molecular weight excluding hydrogens is 877 g/mol. The Morgan fingerprint density at radius 3 is 0.746 bits per heavy atom. The Morgan fingerprint density at radius 1 is 0.268 bits per heavy atom. The van der Waals surface area contributed by atoms with Gasteiger partial charge in [0.1, 0.15) is 13.2 Å². The maximum atomic E-state index is 12.9. The van der Waals surface area contributed by atoms with Crippen LogP contribution in [0.1, 0.15) is 355 Å². The molecule has 0 rings (SSSR count). The molecule has 0 aromatic carbocycles. The van der Waals surface area contributed by atoms with Gasteiger partial charge >= 0.3 is 17.9 Å². The van der Waals surface area contributed by atoms with Crippen LogP contribution in [-0.2, 0) is 28.6 Å². The molecule has 71 heavy (non-hydrogen) atoms. The molecule has 0 amide bonds. The molecule has 0 unspecified atom stereocenters. The van der Waals surface area contributed by atoms with Crippen LogP contribution in [-0.4, -0.2) is 37.2 Å². The van der Waals surface area contributed by atoms with Crippen LogP contribution in [0.25, 0.3) is 0 Å². The summed E-state index contributed by atoms with van der Waals surface area (Å²) in [5.74, 6) is -0.855. The number of ether oxygens (including phenoxy) is 3. The van der Waals surface area contributed by atoms with Crippen molar-refractivity contribution >= 4 is 17.9 Å². The Bertz CT molecular complexity index is 1150. The zero-order valence-electron chi connectivity index (χ0n) is 48.0. The molecular formula is C65H122O6. The van der Waals surface area contributed by atoms with Gasteiger partial charge in [0, 0.05) is 19.3 Å². The Kier molecular flexibility index (Phi) is 58.6. The van der Waals surface area contributed by atoms with Crippen LogP contribution in [0.5, 0.6) is 0 Å². The molecule has 0 radical (unpaired) electrons. The van der Waals surface area contributed by atoms with Gasteiger partial charge < -0.3 is 14.2 Å². The largest absolute Gasteiger partial charge is 0.462 e. The minimum Gasteiger partial charge on any atom is -0.462 e. The fourth-order valence-electron chi connectivity index (χ4n) is 9.60. The first-order valence-corrected chi connectivity index (χ1v) is 31.8. The van der Waals surface area contributed by atoms with Gasteiger partial charge in [-0.25, -0.2) is 0 Å². The predicted octanol–water partition coefficient (Wildman–Crippen LogP) is 21.4. The highest BCUT2D eigenvalue weighted by molar-refractivity contribution is 5.71. The van der Waals surface area contributed by atoms with Gasteiger partial charge in [-0.15, -0.1) is 0 Å². The molecule has 0 saturated carbocycles. The summed E-state index contributed by atoms with van der Waals surface area (Å²) in [5, 5.41) is 0. The van der Waals surface area contributed by atoms with Crippen LogP contribution in [0.4, 0.5) is 0 Å². The third-order valence-corrected chi connectivity index (χ3v) is 14.4. The summed E-state index contributed by atoms with van der Waals surface area (Å²) in [6, 6.07) is 0. The second-order valence-corrected chi connectivity index (χ2v) is 21.7. The van der Waals surface area contributed by atoms with Crippen molar-refractivity contribution in [2.24, 2.45) is 0 Å². The monoisotopic (exact) mass is 999 g/mol. The second-order valence-electron chi connectivity index (χ2n) is 21.7. The molecule has 0 fully saturated rings. The van der Waals surface area contributed by atoms with Crippen molar-refractivity contribution in [2.75, 3.05) is 13.2 Å². The van der Waals surface area contributed by atoms with Crippen molar-refractivity contribution < 1.29 is 28.6 Å². The first kappa shape index (κ1) is 68.9. The lowest BCUT2D eigenvalue weighted by molar-refractivity contribution is -0.167. The summed E-state index contributed by atoms with van der Waals surface area (Å²) in [7, 11) is 0. The second kappa shape index (κ2) is 60.4. The molecule has 0 spiro atoms. The van der Waals surface area contributed by atoms with Gasteiger partial charge in [-0.05, 0) is 64.2 Å². The SMILES string of the molecule is CCCC/C=C\CCCCCCCC(=O)OC[C@@H](COC(=O)CCCCCCCCCCCCC/C=C\CCCCCCCC)OC(=O)CCCCCCCCCCCCCCCCCCCCCCC. The van der Waals surface area contributed by atoms with Crippen LogP contribution in [0.2, 0.25) is 0 Å². The molecule has 0 heterocycles. The van der Waals surface area contributed by atoms with Gasteiger partial charge in [0.15, 0.2) is 6.10 Å². The van der Waals surface area contributed by atoms with Crippen molar-refractivity contribution in [1.29, 1.82) is 0 Å². The fourth-order valence-corrected chi connectivity index (χ4v) is 9.60. The molecule has 0 bridgehead atoms. The highest BCUT2D eigenvalue weighted by Gasteiger charge is 2.19. The van der Waals surface area contributed by atoms with Crippen molar-refractivity contribution in [2.45, 2.75) is 361 Å². The molecule has 0 aliphatic rings. The standard InChI is InChI=1S/C65H122O6/c1-4-7-10-13-16-19-22-24-26-28-30-32-34-36-38-40-43-46-49-52-55-58-64(67)70-61-62(60-69-63(66)57-54-51-48-45-42-21-18-15-12-9-6-3)71-65(68)59-56-53-50-47-44-41-39-37-35-33-31-29-27-25-23-20-17-14-11-8-5-2/h15,18,24,26,62H,4-14,16-17,19-23,25,27-61H2,1-3H3/b18-15-,26-24-/t62-/m0/s1. The van der Waals surface area contributed by atoms with E-state index in [9.17, 15) is 14.4 Å². The normalized spacial score (nSPS) is 12.1. The van der Waals surface area contributed by atoms with E-state index in [1.165, 1.54) is 250 Å². The summed E-state index contributed by atoms with van der Waals surface area (Å²) < 4.78 is 16.9. The van der Waals surface area contributed by atoms with E-state index in [4.69, 9.17) is 14.2 Å². The van der Waals surface area contributed by atoms with Crippen molar-refractivity contribution in [3.63, 3.8) is 0 Å². The van der Waals surface area contributed by atoms with E-state index in [2.05, 4.69) is 45.1 Å². The molecule has 6 heteroatoms. The van der Waals surface area contributed by atoms with Gasteiger partial charge in [-0.2, -0.15) is 0 Å². The topological polar surface area (TPSA) is 78.9 Å². The average molecular weight is 1000 g/mol. The highest BCUT2D eigenvalue weighted by atomic mass is 16.6. The number of rotatable bonds is 59. The number of unbranched alkanes of at least 4 members (excludes halogenated alkanes) is 44. The van der Waals surface area contributed by atoms with Gasteiger partial charge in [0.2, 0.25) is 0 Å². The number of hydrogen-bond donors (Lipinski definition) is 0. The predicted molar refractivity (Wildman–Crippen MR) is 307 cm³/mol. The van der Waals surface area contributed by atoms with Crippen molar-refractivity contribution in [3.05, 3.63) is 24.3 Å². The summed E-state index contributed by atoms with van der Waals surface area (Å²) in [6.07, 6.45) is 71.9. The van der Waals surface area contributed by atoms with Crippen molar-refractivity contribution in [1.82, 2.24) is 0 Å². The van der Waals surface area contributed by atoms with Gasteiger partial charge in [0.25, 0.3) is 0 Å². The van der Waals surface area contributed by atoms with E-state index in [0.717, 1.165) is 64.2 Å². The lowest BCUT2D eigenvalue weighted by Gasteiger charge is -2.18. The molecule has 0 aromatic heterocycles. The third kappa shape index (κ3) is 58.7. The Hall–Kier alpha value is -2.11. The van der Waals surface area contributed by atoms with E-state index >= 15 is 0 Å². The van der Waals surface area contributed by atoms with Gasteiger partial charge in [-0.1, -0.05) is 295 Å². The zero-order chi connectivity index (χ0) is 51.4. The Balaban J connectivity index is 4.23. The maximum Gasteiger partial charge on any atom is 0.306 e. The van der Waals surface area contributed by atoms with Crippen LogP contribution >= 0.6 is 0 Å². The first-order chi connectivity index (χ1) is 35.0. The quantitative estimate of drug-likeness (QED) is 0.0261. The number of esters is 3. The summed E-state index contributed by atoms with van der Waals surface area (Å²) >= 11 is 0. The first-order valence-electron chi connectivity index (χ1n) is 31.8. The molecule has 0 N–H and O–H groups in total. The van der Waals surface area contributed by atoms with E-state index in [-0.39, 0.29) is 31.1 Å². The van der Waals surface area contributed by atoms with E-state index in [0.29, 0.717) is 19.3 Å².